The van der Waals surface area contributed by atoms with E-state index in [4.69, 9.17) is 5.11 Å². The lowest BCUT2D eigenvalue weighted by Crippen LogP contribution is -2.42. The highest BCUT2D eigenvalue weighted by atomic mass is 32.2. The fraction of sp³-hybridized carbons (Fsp3) is 0.462. The Morgan fingerprint density at radius 2 is 2.19 bits per heavy atom. The third-order valence-corrected chi connectivity index (χ3v) is 3.99. The van der Waals surface area contributed by atoms with Crippen molar-refractivity contribution in [3.05, 3.63) is 22.4 Å². The number of rotatable bonds is 9. The summed E-state index contributed by atoms with van der Waals surface area (Å²) in [5, 5.41) is 17.6. The van der Waals surface area contributed by atoms with E-state index in [-0.39, 0.29) is 24.8 Å². The number of hydrogen-bond acceptors (Lipinski definition) is 5. The van der Waals surface area contributed by atoms with Crippen LogP contribution < -0.4 is 10.6 Å². The number of aliphatic carboxylic acids is 1. The van der Waals surface area contributed by atoms with Gasteiger partial charge in [0, 0.05) is 23.9 Å². The molecule has 1 heterocycles. The van der Waals surface area contributed by atoms with Crippen LogP contribution in [0.1, 0.15) is 23.2 Å². The van der Waals surface area contributed by atoms with Crippen LogP contribution in [0.25, 0.3) is 0 Å². The van der Waals surface area contributed by atoms with Crippen molar-refractivity contribution in [3.8, 4) is 0 Å². The maximum Gasteiger partial charge on any atom is 0.326 e. The Hall–Kier alpha value is -1.54. The van der Waals surface area contributed by atoms with Gasteiger partial charge >= 0.3 is 5.97 Å². The highest BCUT2D eigenvalue weighted by Gasteiger charge is 2.19. The number of hydrogen-bond donors (Lipinski definition) is 3. The lowest BCUT2D eigenvalue weighted by Gasteiger charge is -2.14. The second-order valence-corrected chi connectivity index (χ2v) is 6.02. The predicted molar refractivity (Wildman–Crippen MR) is 83.8 cm³/mol. The summed E-state index contributed by atoms with van der Waals surface area (Å²) in [7, 11) is 0. The van der Waals surface area contributed by atoms with Gasteiger partial charge in [-0.3, -0.25) is 9.59 Å². The van der Waals surface area contributed by atoms with Crippen LogP contribution in [0.3, 0.4) is 0 Å². The number of carbonyl (C=O) groups excluding carboxylic acids is 2. The van der Waals surface area contributed by atoms with Crippen LogP contribution in [0.5, 0.6) is 0 Å². The molecule has 2 amide bonds. The quantitative estimate of drug-likeness (QED) is 0.632. The third kappa shape index (κ3) is 6.63. The molecule has 1 atom stereocenters. The Kier molecular flexibility index (Phi) is 7.84. The number of nitrogens with one attached hydrogen (secondary N) is 2. The zero-order chi connectivity index (χ0) is 15.7. The molecule has 3 N–H and O–H groups in total. The fourth-order valence-corrected chi connectivity index (χ4v) is 2.65. The summed E-state index contributed by atoms with van der Waals surface area (Å²) in [5.74, 6) is -0.998. The topological polar surface area (TPSA) is 95.5 Å². The Balaban J connectivity index is 2.29. The molecule has 6 nitrogen and oxygen atoms in total. The van der Waals surface area contributed by atoms with Gasteiger partial charge in [0.15, 0.2) is 0 Å². The molecule has 0 fully saturated rings. The van der Waals surface area contributed by atoms with Crippen LogP contribution >= 0.6 is 23.1 Å². The van der Waals surface area contributed by atoms with E-state index in [9.17, 15) is 14.4 Å². The van der Waals surface area contributed by atoms with Crippen molar-refractivity contribution < 1.29 is 19.5 Å². The van der Waals surface area contributed by atoms with Crippen molar-refractivity contribution in [1.82, 2.24) is 10.6 Å². The van der Waals surface area contributed by atoms with E-state index in [1.807, 2.05) is 6.26 Å². The number of carboxylic acid groups (broad SMARTS) is 1. The van der Waals surface area contributed by atoms with Gasteiger partial charge < -0.3 is 15.7 Å². The fourth-order valence-electron chi connectivity index (χ4n) is 1.54. The van der Waals surface area contributed by atoms with Crippen molar-refractivity contribution in [2.24, 2.45) is 0 Å². The lowest BCUT2D eigenvalue weighted by atomic mass is 10.2. The number of thiophene rings is 1. The maximum absolute atomic E-state index is 11.7. The summed E-state index contributed by atoms with van der Waals surface area (Å²) in [6.45, 7) is 0.176. The molecule has 0 aliphatic carbocycles. The standard InChI is InChI=1S/C13H18N2O4S2/c1-20-6-4-10(13(18)19)15-11(16)2-5-14-12(17)9-3-7-21-8-9/h3,7-8,10H,2,4-6H2,1H3,(H,14,17)(H,15,16)(H,18,19). The average molecular weight is 330 g/mol. The summed E-state index contributed by atoms with van der Waals surface area (Å²) in [5.41, 5.74) is 0.559. The predicted octanol–water partition coefficient (Wildman–Crippen LogP) is 1.19. The van der Waals surface area contributed by atoms with E-state index in [2.05, 4.69) is 10.6 Å². The molecular formula is C13H18N2O4S2. The van der Waals surface area contributed by atoms with Gasteiger partial charge in [-0.15, -0.1) is 0 Å². The highest BCUT2D eigenvalue weighted by molar-refractivity contribution is 7.98. The number of carbonyl (C=O) groups is 3. The van der Waals surface area contributed by atoms with E-state index in [1.54, 1.807) is 16.8 Å². The lowest BCUT2D eigenvalue weighted by molar-refractivity contribution is -0.141. The normalized spacial score (nSPS) is 11.7. The molecule has 0 saturated heterocycles. The van der Waals surface area contributed by atoms with Crippen molar-refractivity contribution in [2.45, 2.75) is 18.9 Å². The van der Waals surface area contributed by atoms with Crippen molar-refractivity contribution in [2.75, 3.05) is 18.6 Å². The molecule has 0 aliphatic rings. The van der Waals surface area contributed by atoms with Crippen LogP contribution in [0.15, 0.2) is 16.8 Å². The smallest absolute Gasteiger partial charge is 0.326 e. The summed E-state index contributed by atoms with van der Waals surface area (Å²) in [6.07, 6.45) is 2.31. The van der Waals surface area contributed by atoms with Gasteiger partial charge in [0.05, 0.1) is 0 Å². The molecule has 0 radical (unpaired) electrons. The van der Waals surface area contributed by atoms with E-state index in [1.165, 1.54) is 23.1 Å². The van der Waals surface area contributed by atoms with E-state index in [0.717, 1.165) is 0 Å². The van der Waals surface area contributed by atoms with Gasteiger partial charge in [-0.1, -0.05) is 0 Å². The molecule has 21 heavy (non-hydrogen) atoms. The first-order chi connectivity index (χ1) is 10.0. The first-order valence-electron chi connectivity index (χ1n) is 6.36. The second-order valence-electron chi connectivity index (χ2n) is 4.26. The van der Waals surface area contributed by atoms with E-state index < -0.39 is 12.0 Å². The van der Waals surface area contributed by atoms with Gasteiger partial charge in [0.25, 0.3) is 5.91 Å². The van der Waals surface area contributed by atoms with Crippen molar-refractivity contribution >= 4 is 40.9 Å². The second kappa shape index (κ2) is 9.41. The van der Waals surface area contributed by atoms with Gasteiger partial charge in [0.1, 0.15) is 6.04 Å². The van der Waals surface area contributed by atoms with Crippen LogP contribution in [-0.4, -0.2) is 47.5 Å². The molecule has 0 spiro atoms. The molecular weight excluding hydrogens is 312 g/mol. The minimum absolute atomic E-state index is 0.0545. The Morgan fingerprint density at radius 3 is 2.76 bits per heavy atom. The van der Waals surface area contributed by atoms with Crippen molar-refractivity contribution in [3.63, 3.8) is 0 Å². The summed E-state index contributed by atoms with van der Waals surface area (Å²) in [4.78, 5) is 34.3. The number of thioether (sulfide) groups is 1. The molecule has 1 unspecified atom stereocenters. The van der Waals surface area contributed by atoms with Crippen LogP contribution in [-0.2, 0) is 9.59 Å². The molecule has 1 rings (SSSR count). The van der Waals surface area contributed by atoms with Crippen molar-refractivity contribution in [1.29, 1.82) is 0 Å². The summed E-state index contributed by atoms with van der Waals surface area (Å²) in [6, 6.07) is 0.820. The molecule has 1 aromatic rings. The molecule has 0 aromatic carbocycles. The SMILES string of the molecule is CSCCC(NC(=O)CCNC(=O)c1ccsc1)C(=O)O. The Morgan fingerprint density at radius 1 is 1.43 bits per heavy atom. The first-order valence-corrected chi connectivity index (χ1v) is 8.69. The van der Waals surface area contributed by atoms with Gasteiger partial charge in [-0.25, -0.2) is 4.79 Å². The Labute approximate surface area is 131 Å². The summed E-state index contributed by atoms with van der Waals surface area (Å²) < 4.78 is 0. The van der Waals surface area contributed by atoms with Gasteiger partial charge in [-0.05, 0) is 29.9 Å². The number of carboxylic acids is 1. The average Bonchev–Trinajstić information content (AvgIpc) is 2.97. The highest BCUT2D eigenvalue weighted by Crippen LogP contribution is 2.05. The number of amides is 2. The van der Waals surface area contributed by atoms with Gasteiger partial charge in [0.2, 0.25) is 5.91 Å². The molecule has 0 aliphatic heterocycles. The molecule has 0 saturated carbocycles. The molecule has 1 aromatic heterocycles. The zero-order valence-corrected chi connectivity index (χ0v) is 13.3. The largest absolute Gasteiger partial charge is 0.480 e. The van der Waals surface area contributed by atoms with Crippen LogP contribution in [0.2, 0.25) is 0 Å². The van der Waals surface area contributed by atoms with Crippen LogP contribution in [0, 0.1) is 0 Å². The van der Waals surface area contributed by atoms with E-state index >= 15 is 0 Å². The first kappa shape index (κ1) is 17.5. The molecule has 8 heteroatoms. The maximum atomic E-state index is 11.7. The minimum Gasteiger partial charge on any atom is -0.480 e. The summed E-state index contributed by atoms with van der Waals surface area (Å²) >= 11 is 2.94. The third-order valence-electron chi connectivity index (χ3n) is 2.66. The van der Waals surface area contributed by atoms with Gasteiger partial charge in [-0.2, -0.15) is 23.1 Å². The molecule has 116 valence electrons. The van der Waals surface area contributed by atoms with E-state index in [0.29, 0.717) is 17.7 Å². The molecule has 0 bridgehead atoms. The monoisotopic (exact) mass is 330 g/mol. The van der Waals surface area contributed by atoms with Crippen LogP contribution in [0.4, 0.5) is 0 Å². The minimum atomic E-state index is -1.04. The Bertz CT molecular complexity index is 477. The zero-order valence-electron chi connectivity index (χ0n) is 11.6.